The molecular weight excluding hydrogens is 268 g/mol. The van der Waals surface area contributed by atoms with Gasteiger partial charge in [-0.05, 0) is 30.7 Å². The van der Waals surface area contributed by atoms with Gasteiger partial charge in [0.1, 0.15) is 6.61 Å². The number of anilines is 1. The Bertz CT molecular complexity index is 782. The van der Waals surface area contributed by atoms with Crippen LogP contribution in [0.1, 0.15) is 11.4 Å². The highest BCUT2D eigenvalue weighted by Gasteiger charge is 2.10. The molecule has 6 heteroatoms. The lowest BCUT2D eigenvalue weighted by Gasteiger charge is -2.09. The molecule has 2 aromatic heterocycles. The van der Waals surface area contributed by atoms with Crippen molar-refractivity contribution in [1.82, 2.24) is 14.6 Å². The van der Waals surface area contributed by atoms with Gasteiger partial charge in [-0.15, -0.1) is 10.2 Å². The van der Waals surface area contributed by atoms with Crippen LogP contribution in [0.2, 0.25) is 0 Å². The Labute approximate surface area is 122 Å². The molecule has 0 spiro atoms. The lowest BCUT2D eigenvalue weighted by Crippen LogP contribution is -2.03. The Hall–Kier alpha value is -2.76. The van der Waals surface area contributed by atoms with Crippen LogP contribution < -0.4 is 15.2 Å². The predicted molar refractivity (Wildman–Crippen MR) is 79.5 cm³/mol. The molecule has 0 amide bonds. The number of ether oxygens (including phenoxy) is 2. The number of nitrogen functional groups attached to an aromatic ring is 1. The van der Waals surface area contributed by atoms with Crippen LogP contribution >= 0.6 is 0 Å². The van der Waals surface area contributed by atoms with E-state index in [1.54, 1.807) is 7.11 Å². The lowest BCUT2D eigenvalue weighted by molar-refractivity contribution is 0.275. The number of fused-ring (bicyclic) bond motifs is 1. The zero-order chi connectivity index (χ0) is 14.8. The quantitative estimate of drug-likeness (QED) is 0.795. The molecule has 6 nitrogen and oxygen atoms in total. The minimum absolute atomic E-state index is 0.282. The van der Waals surface area contributed by atoms with Crippen molar-refractivity contribution in [3.8, 4) is 11.5 Å². The number of pyridine rings is 1. The second-order valence-electron chi connectivity index (χ2n) is 4.72. The maximum atomic E-state index is 5.94. The number of benzene rings is 1. The van der Waals surface area contributed by atoms with Crippen molar-refractivity contribution >= 4 is 11.3 Å². The first-order chi connectivity index (χ1) is 10.2. The van der Waals surface area contributed by atoms with Gasteiger partial charge >= 0.3 is 0 Å². The minimum Gasteiger partial charge on any atom is -0.493 e. The molecule has 21 heavy (non-hydrogen) atoms. The van der Waals surface area contributed by atoms with E-state index in [2.05, 4.69) is 10.2 Å². The number of rotatable bonds is 4. The van der Waals surface area contributed by atoms with Crippen molar-refractivity contribution in [2.45, 2.75) is 13.5 Å². The van der Waals surface area contributed by atoms with E-state index in [0.29, 0.717) is 28.7 Å². The van der Waals surface area contributed by atoms with Gasteiger partial charge in [-0.2, -0.15) is 0 Å². The SMILES string of the molecule is COc1ccccc1OCc1nnc2c(N)cc(C)cn12. The van der Waals surface area contributed by atoms with E-state index in [-0.39, 0.29) is 6.61 Å². The molecule has 0 bridgehead atoms. The first kappa shape index (κ1) is 13.2. The van der Waals surface area contributed by atoms with Gasteiger partial charge in [-0.3, -0.25) is 4.40 Å². The van der Waals surface area contributed by atoms with Gasteiger partial charge in [0, 0.05) is 6.20 Å². The largest absolute Gasteiger partial charge is 0.493 e. The fourth-order valence-electron chi connectivity index (χ4n) is 2.19. The number of nitrogens with zero attached hydrogens (tertiary/aromatic N) is 3. The molecule has 108 valence electrons. The monoisotopic (exact) mass is 284 g/mol. The van der Waals surface area contributed by atoms with Crippen LogP contribution in [0.4, 0.5) is 5.69 Å². The Morgan fingerprint density at radius 2 is 1.95 bits per heavy atom. The number of para-hydroxylation sites is 2. The molecule has 0 fully saturated rings. The predicted octanol–water partition coefficient (Wildman–Crippen LogP) is 2.21. The molecule has 2 N–H and O–H groups in total. The summed E-state index contributed by atoms with van der Waals surface area (Å²) >= 11 is 0. The summed E-state index contributed by atoms with van der Waals surface area (Å²) in [4.78, 5) is 0. The molecule has 0 aliphatic rings. The highest BCUT2D eigenvalue weighted by atomic mass is 16.5. The van der Waals surface area contributed by atoms with Crippen molar-refractivity contribution in [2.24, 2.45) is 0 Å². The number of aryl methyl sites for hydroxylation is 1. The zero-order valence-electron chi connectivity index (χ0n) is 11.9. The zero-order valence-corrected chi connectivity index (χ0v) is 11.9. The summed E-state index contributed by atoms with van der Waals surface area (Å²) in [6.45, 7) is 2.26. The van der Waals surface area contributed by atoms with Crippen molar-refractivity contribution in [1.29, 1.82) is 0 Å². The topological polar surface area (TPSA) is 74.7 Å². The number of methoxy groups -OCH3 is 1. The average molecular weight is 284 g/mol. The molecule has 0 radical (unpaired) electrons. The third kappa shape index (κ3) is 2.47. The molecule has 0 aliphatic heterocycles. The van der Waals surface area contributed by atoms with Crippen molar-refractivity contribution in [3.63, 3.8) is 0 Å². The summed E-state index contributed by atoms with van der Waals surface area (Å²) in [5.41, 5.74) is 8.22. The molecule has 3 aromatic rings. The van der Waals surface area contributed by atoms with Crippen LogP contribution in [0.5, 0.6) is 11.5 Å². The van der Waals surface area contributed by atoms with Gasteiger partial charge < -0.3 is 15.2 Å². The molecule has 0 unspecified atom stereocenters. The number of hydrogen-bond donors (Lipinski definition) is 1. The van der Waals surface area contributed by atoms with Gasteiger partial charge in [0.25, 0.3) is 0 Å². The second-order valence-corrected chi connectivity index (χ2v) is 4.72. The molecule has 0 atom stereocenters. The molecule has 3 rings (SSSR count). The second kappa shape index (κ2) is 5.32. The summed E-state index contributed by atoms with van der Waals surface area (Å²) in [5, 5.41) is 8.23. The van der Waals surface area contributed by atoms with E-state index >= 15 is 0 Å². The maximum absolute atomic E-state index is 5.94. The van der Waals surface area contributed by atoms with Gasteiger partial charge in [0.15, 0.2) is 23.0 Å². The molecular formula is C15H16N4O2. The molecule has 1 aromatic carbocycles. The molecule has 2 heterocycles. The summed E-state index contributed by atoms with van der Waals surface area (Å²) in [6.07, 6.45) is 1.94. The first-order valence-electron chi connectivity index (χ1n) is 6.54. The van der Waals surface area contributed by atoms with Gasteiger partial charge in [-0.1, -0.05) is 12.1 Å². The van der Waals surface area contributed by atoms with Crippen LogP contribution in [-0.4, -0.2) is 21.7 Å². The molecule has 0 saturated heterocycles. The minimum atomic E-state index is 0.282. The Morgan fingerprint density at radius 3 is 2.71 bits per heavy atom. The Morgan fingerprint density at radius 1 is 1.19 bits per heavy atom. The molecule has 0 saturated carbocycles. The summed E-state index contributed by atoms with van der Waals surface area (Å²) < 4.78 is 12.9. The third-order valence-corrected chi connectivity index (χ3v) is 3.17. The molecule has 0 aliphatic carbocycles. The standard InChI is InChI=1S/C15H16N4O2/c1-10-7-11(16)15-18-17-14(19(15)8-10)9-21-13-6-4-3-5-12(13)20-2/h3-8H,9,16H2,1-2H3. The smallest absolute Gasteiger partial charge is 0.184 e. The Kier molecular flexibility index (Phi) is 3.35. The highest BCUT2D eigenvalue weighted by molar-refractivity contribution is 5.65. The van der Waals surface area contributed by atoms with E-state index in [0.717, 1.165) is 5.56 Å². The summed E-state index contributed by atoms with van der Waals surface area (Å²) in [7, 11) is 1.61. The van der Waals surface area contributed by atoms with Crippen LogP contribution in [0.25, 0.3) is 5.65 Å². The van der Waals surface area contributed by atoms with E-state index in [4.69, 9.17) is 15.2 Å². The number of aromatic nitrogens is 3. The van der Waals surface area contributed by atoms with Crippen LogP contribution in [0.15, 0.2) is 36.5 Å². The average Bonchev–Trinajstić information content (AvgIpc) is 2.88. The number of hydrogen-bond acceptors (Lipinski definition) is 5. The third-order valence-electron chi connectivity index (χ3n) is 3.17. The normalized spacial score (nSPS) is 10.8. The van der Waals surface area contributed by atoms with E-state index in [1.165, 1.54) is 0 Å². The van der Waals surface area contributed by atoms with Crippen LogP contribution in [-0.2, 0) is 6.61 Å². The fourth-order valence-corrected chi connectivity index (χ4v) is 2.19. The fraction of sp³-hybridized carbons (Fsp3) is 0.200. The van der Waals surface area contributed by atoms with Gasteiger partial charge in [-0.25, -0.2) is 0 Å². The van der Waals surface area contributed by atoms with E-state index in [1.807, 2.05) is 47.9 Å². The lowest BCUT2D eigenvalue weighted by atomic mass is 10.3. The van der Waals surface area contributed by atoms with Crippen LogP contribution in [0, 0.1) is 6.92 Å². The first-order valence-corrected chi connectivity index (χ1v) is 6.54. The highest BCUT2D eigenvalue weighted by Crippen LogP contribution is 2.26. The summed E-state index contributed by atoms with van der Waals surface area (Å²) in [5.74, 6) is 2.03. The van der Waals surface area contributed by atoms with Crippen molar-refractivity contribution in [3.05, 3.63) is 47.9 Å². The van der Waals surface area contributed by atoms with E-state index < -0.39 is 0 Å². The van der Waals surface area contributed by atoms with Gasteiger partial charge in [0.05, 0.1) is 12.8 Å². The van der Waals surface area contributed by atoms with Crippen molar-refractivity contribution in [2.75, 3.05) is 12.8 Å². The van der Waals surface area contributed by atoms with E-state index in [9.17, 15) is 0 Å². The summed E-state index contributed by atoms with van der Waals surface area (Å²) in [6, 6.07) is 9.35. The van der Waals surface area contributed by atoms with Crippen LogP contribution in [0.3, 0.4) is 0 Å². The maximum Gasteiger partial charge on any atom is 0.184 e. The number of nitrogens with two attached hydrogens (primary N) is 1. The van der Waals surface area contributed by atoms with Gasteiger partial charge in [0.2, 0.25) is 0 Å². The Balaban J connectivity index is 1.89. The van der Waals surface area contributed by atoms with Crippen molar-refractivity contribution < 1.29 is 9.47 Å².